The molecule has 0 spiro atoms. The topological polar surface area (TPSA) is 67.3 Å². The van der Waals surface area contributed by atoms with E-state index in [1.165, 1.54) is 5.56 Å². The van der Waals surface area contributed by atoms with Gasteiger partial charge in [0.2, 0.25) is 0 Å². The van der Waals surface area contributed by atoms with Crippen LogP contribution in [0.15, 0.2) is 42.6 Å². The third-order valence-electron chi connectivity index (χ3n) is 4.40. The molecule has 2 aromatic rings. The van der Waals surface area contributed by atoms with Crippen molar-refractivity contribution in [1.29, 1.82) is 0 Å². The van der Waals surface area contributed by atoms with Gasteiger partial charge in [0.15, 0.2) is 0 Å². The number of hydrogen-bond donors (Lipinski definition) is 3. The largest absolute Gasteiger partial charge is 0.398 e. The number of nitrogens with two attached hydrogens (primary N) is 2. The molecular formula is C19H24N4. The predicted octanol–water partition coefficient (Wildman–Crippen LogP) is 2.37. The molecule has 3 rings (SSSR count). The summed E-state index contributed by atoms with van der Waals surface area (Å²) < 4.78 is 0. The SMILES string of the molecule is Cc1ccc2c(c1N)C=CNC2(N)c1ccc(CN(C)C)cc1. The summed E-state index contributed by atoms with van der Waals surface area (Å²) in [4.78, 5) is 2.15. The molecule has 1 aliphatic heterocycles. The maximum Gasteiger partial charge on any atom is 0.139 e. The molecule has 1 atom stereocenters. The summed E-state index contributed by atoms with van der Waals surface area (Å²) in [6.45, 7) is 2.92. The first kappa shape index (κ1) is 15.6. The van der Waals surface area contributed by atoms with Gasteiger partial charge >= 0.3 is 0 Å². The van der Waals surface area contributed by atoms with Crippen LogP contribution in [0.3, 0.4) is 0 Å². The lowest BCUT2D eigenvalue weighted by molar-refractivity contribution is 0.402. The lowest BCUT2D eigenvalue weighted by atomic mass is 9.84. The quantitative estimate of drug-likeness (QED) is 0.762. The minimum Gasteiger partial charge on any atom is -0.398 e. The zero-order valence-corrected chi connectivity index (χ0v) is 13.9. The van der Waals surface area contributed by atoms with E-state index in [0.717, 1.165) is 34.5 Å². The van der Waals surface area contributed by atoms with E-state index < -0.39 is 5.66 Å². The molecule has 1 aliphatic rings. The number of nitrogens with one attached hydrogen (secondary N) is 1. The fourth-order valence-electron chi connectivity index (χ4n) is 3.08. The Kier molecular flexibility index (Phi) is 3.88. The molecule has 1 unspecified atom stereocenters. The van der Waals surface area contributed by atoms with Crippen LogP contribution in [0, 0.1) is 6.92 Å². The molecule has 2 aromatic carbocycles. The van der Waals surface area contributed by atoms with Crippen molar-refractivity contribution in [3.63, 3.8) is 0 Å². The Hall–Kier alpha value is -2.30. The first-order chi connectivity index (χ1) is 10.9. The van der Waals surface area contributed by atoms with E-state index in [0.29, 0.717) is 0 Å². The molecule has 0 fully saturated rings. The molecule has 4 nitrogen and oxygen atoms in total. The van der Waals surface area contributed by atoms with Gasteiger partial charge in [-0.05, 0) is 50.0 Å². The minimum absolute atomic E-state index is 0.761. The van der Waals surface area contributed by atoms with E-state index >= 15 is 0 Å². The van der Waals surface area contributed by atoms with E-state index in [2.05, 4.69) is 54.6 Å². The summed E-state index contributed by atoms with van der Waals surface area (Å²) >= 11 is 0. The van der Waals surface area contributed by atoms with Crippen molar-refractivity contribution in [3.05, 3.63) is 70.4 Å². The van der Waals surface area contributed by atoms with Gasteiger partial charge in [-0.1, -0.05) is 36.4 Å². The summed E-state index contributed by atoms with van der Waals surface area (Å²) in [7, 11) is 4.13. The normalized spacial score (nSPS) is 19.5. The van der Waals surface area contributed by atoms with Crippen molar-refractivity contribution in [3.8, 4) is 0 Å². The second-order valence-electron chi connectivity index (χ2n) is 6.48. The smallest absolute Gasteiger partial charge is 0.139 e. The van der Waals surface area contributed by atoms with Crippen LogP contribution >= 0.6 is 0 Å². The average Bonchev–Trinajstić information content (AvgIpc) is 2.51. The highest BCUT2D eigenvalue weighted by atomic mass is 15.1. The molecule has 0 aliphatic carbocycles. The van der Waals surface area contributed by atoms with Crippen LogP contribution in [0.5, 0.6) is 0 Å². The van der Waals surface area contributed by atoms with Crippen LogP contribution < -0.4 is 16.8 Å². The van der Waals surface area contributed by atoms with Crippen LogP contribution in [-0.2, 0) is 12.2 Å². The molecule has 120 valence electrons. The van der Waals surface area contributed by atoms with Gasteiger partial charge in [0.25, 0.3) is 0 Å². The average molecular weight is 308 g/mol. The van der Waals surface area contributed by atoms with Crippen LogP contribution in [-0.4, -0.2) is 19.0 Å². The van der Waals surface area contributed by atoms with Crippen LogP contribution in [0.1, 0.15) is 27.8 Å². The molecular weight excluding hydrogens is 284 g/mol. The van der Waals surface area contributed by atoms with Crippen molar-refractivity contribution in [2.75, 3.05) is 19.8 Å². The first-order valence-corrected chi connectivity index (χ1v) is 7.78. The fraction of sp³-hybridized carbons (Fsp3) is 0.263. The summed E-state index contributed by atoms with van der Waals surface area (Å²) in [5.74, 6) is 0. The number of aryl methyl sites for hydroxylation is 1. The van der Waals surface area contributed by atoms with Gasteiger partial charge in [0, 0.05) is 23.4 Å². The van der Waals surface area contributed by atoms with E-state index in [4.69, 9.17) is 11.5 Å². The number of anilines is 1. The molecule has 0 saturated carbocycles. The molecule has 0 amide bonds. The van der Waals surface area contributed by atoms with E-state index in [-0.39, 0.29) is 0 Å². The molecule has 0 aromatic heterocycles. The number of nitrogens with zero attached hydrogens (tertiary/aromatic N) is 1. The zero-order valence-electron chi connectivity index (χ0n) is 13.9. The number of hydrogen-bond acceptors (Lipinski definition) is 4. The Labute approximate surface area is 137 Å². The third kappa shape index (κ3) is 2.71. The lowest BCUT2D eigenvalue weighted by Gasteiger charge is -2.36. The second kappa shape index (κ2) is 5.72. The van der Waals surface area contributed by atoms with E-state index in [1.807, 2.05) is 25.3 Å². The fourth-order valence-corrected chi connectivity index (χ4v) is 3.08. The van der Waals surface area contributed by atoms with Crippen molar-refractivity contribution in [2.45, 2.75) is 19.1 Å². The Morgan fingerprint density at radius 3 is 2.43 bits per heavy atom. The van der Waals surface area contributed by atoms with E-state index in [9.17, 15) is 0 Å². The maximum atomic E-state index is 6.73. The molecule has 4 heteroatoms. The number of nitrogen functional groups attached to an aromatic ring is 1. The van der Waals surface area contributed by atoms with Crippen LogP contribution in [0.25, 0.3) is 6.08 Å². The van der Waals surface area contributed by atoms with Crippen molar-refractivity contribution in [1.82, 2.24) is 10.2 Å². The summed E-state index contributed by atoms with van der Waals surface area (Å²) in [5, 5.41) is 3.31. The standard InChI is InChI=1S/C19H24N4/c1-13-4-9-17-16(18(13)20)10-11-22-19(17,21)15-7-5-14(6-8-15)12-23(2)3/h4-11,22H,12,20-21H2,1-3H3. The van der Waals surface area contributed by atoms with Gasteiger partial charge in [-0.15, -0.1) is 0 Å². The molecule has 23 heavy (non-hydrogen) atoms. The summed E-state index contributed by atoms with van der Waals surface area (Å²) in [6, 6.07) is 12.5. The van der Waals surface area contributed by atoms with Gasteiger partial charge in [0.05, 0.1) is 0 Å². The molecule has 0 saturated heterocycles. The van der Waals surface area contributed by atoms with Gasteiger partial charge in [-0.2, -0.15) is 0 Å². The van der Waals surface area contributed by atoms with Crippen molar-refractivity contribution >= 4 is 11.8 Å². The van der Waals surface area contributed by atoms with Crippen LogP contribution in [0.4, 0.5) is 5.69 Å². The number of benzene rings is 2. The van der Waals surface area contributed by atoms with Gasteiger partial charge in [-0.3, -0.25) is 0 Å². The molecule has 5 N–H and O–H groups in total. The monoisotopic (exact) mass is 308 g/mol. The third-order valence-corrected chi connectivity index (χ3v) is 4.40. The lowest BCUT2D eigenvalue weighted by Crippen LogP contribution is -2.50. The summed E-state index contributed by atoms with van der Waals surface area (Å²) in [5.41, 5.74) is 18.4. The molecule has 0 bridgehead atoms. The second-order valence-corrected chi connectivity index (χ2v) is 6.48. The highest BCUT2D eigenvalue weighted by molar-refractivity contribution is 5.74. The van der Waals surface area contributed by atoms with Crippen LogP contribution in [0.2, 0.25) is 0 Å². The first-order valence-electron chi connectivity index (χ1n) is 7.78. The number of rotatable bonds is 3. The van der Waals surface area contributed by atoms with Gasteiger partial charge < -0.3 is 21.7 Å². The molecule has 0 radical (unpaired) electrons. The zero-order chi connectivity index (χ0) is 16.6. The highest BCUT2D eigenvalue weighted by Crippen LogP contribution is 2.35. The Morgan fingerprint density at radius 1 is 1.09 bits per heavy atom. The Balaban J connectivity index is 2.03. The van der Waals surface area contributed by atoms with Gasteiger partial charge in [-0.25, -0.2) is 0 Å². The Morgan fingerprint density at radius 2 is 1.78 bits per heavy atom. The predicted molar refractivity (Wildman–Crippen MR) is 96.6 cm³/mol. The summed E-state index contributed by atoms with van der Waals surface area (Å²) in [6.07, 6.45) is 3.87. The van der Waals surface area contributed by atoms with E-state index in [1.54, 1.807) is 0 Å². The highest BCUT2D eigenvalue weighted by Gasteiger charge is 2.33. The Bertz CT molecular complexity index is 747. The molecule has 1 heterocycles. The minimum atomic E-state index is -0.761. The van der Waals surface area contributed by atoms with Crippen molar-refractivity contribution in [2.24, 2.45) is 5.73 Å². The van der Waals surface area contributed by atoms with Gasteiger partial charge in [0.1, 0.15) is 5.66 Å². The number of fused-ring (bicyclic) bond motifs is 1. The van der Waals surface area contributed by atoms with Crippen molar-refractivity contribution < 1.29 is 0 Å². The maximum absolute atomic E-state index is 6.73.